The number of hydrogen-bond donors (Lipinski definition) is 0. The van der Waals surface area contributed by atoms with E-state index in [2.05, 4.69) is 15.9 Å². The van der Waals surface area contributed by atoms with Gasteiger partial charge in [0.1, 0.15) is 5.75 Å². The molecule has 0 aliphatic rings. The smallest absolute Gasteiger partial charge is 0.270 e. The highest BCUT2D eigenvalue weighted by Gasteiger charge is 2.11. The summed E-state index contributed by atoms with van der Waals surface area (Å²) >= 11 is 3.40. The number of benzene rings is 2. The number of rotatable bonds is 6. The third-order valence-corrected chi connectivity index (χ3v) is 4.02. The second kappa shape index (κ2) is 8.43. The molecule has 0 unspecified atom stereocenters. The number of halogens is 1. The van der Waals surface area contributed by atoms with Crippen molar-refractivity contribution in [3.05, 3.63) is 74.3 Å². The number of nitro benzene ring substituents is 1. The van der Waals surface area contributed by atoms with Gasteiger partial charge in [-0.05, 0) is 29.8 Å². The van der Waals surface area contributed by atoms with Crippen LogP contribution in [0.5, 0.6) is 5.75 Å². The van der Waals surface area contributed by atoms with Crippen LogP contribution in [0, 0.1) is 10.1 Å². The Labute approximate surface area is 154 Å². The average molecular weight is 405 g/mol. The number of hydrogen-bond acceptors (Lipinski definition) is 4. The molecule has 2 aromatic rings. The van der Waals surface area contributed by atoms with E-state index >= 15 is 0 Å². The minimum atomic E-state index is -0.467. The molecule has 0 saturated carbocycles. The van der Waals surface area contributed by atoms with Crippen molar-refractivity contribution in [3.8, 4) is 5.75 Å². The Bertz CT molecular complexity index is 820. The number of carbonyl (C=O) groups excluding carboxylic acids is 1. The monoisotopic (exact) mass is 404 g/mol. The van der Waals surface area contributed by atoms with E-state index in [-0.39, 0.29) is 11.6 Å². The number of ether oxygens (including phenoxy) is 1. The first-order valence-corrected chi connectivity index (χ1v) is 8.20. The summed E-state index contributed by atoms with van der Waals surface area (Å²) in [4.78, 5) is 24.1. The third kappa shape index (κ3) is 5.15. The maximum absolute atomic E-state index is 12.3. The summed E-state index contributed by atoms with van der Waals surface area (Å²) in [6.07, 6.45) is 2.95. The Morgan fingerprint density at radius 1 is 1.32 bits per heavy atom. The van der Waals surface area contributed by atoms with Gasteiger partial charge in [0.05, 0.1) is 12.0 Å². The van der Waals surface area contributed by atoms with Gasteiger partial charge in [-0.15, -0.1) is 0 Å². The molecule has 0 heterocycles. The van der Waals surface area contributed by atoms with E-state index in [4.69, 9.17) is 4.74 Å². The molecule has 7 heteroatoms. The largest absolute Gasteiger partial charge is 0.496 e. The molecule has 0 bridgehead atoms. The lowest BCUT2D eigenvalue weighted by Crippen LogP contribution is -2.24. The second-order valence-corrected chi connectivity index (χ2v) is 6.25. The van der Waals surface area contributed by atoms with E-state index in [1.54, 1.807) is 32.4 Å². The lowest BCUT2D eigenvalue weighted by molar-refractivity contribution is -0.384. The van der Waals surface area contributed by atoms with Crippen LogP contribution >= 0.6 is 15.9 Å². The summed E-state index contributed by atoms with van der Waals surface area (Å²) in [5.41, 5.74) is 1.45. The zero-order valence-electron chi connectivity index (χ0n) is 13.8. The maximum atomic E-state index is 12.3. The highest BCUT2D eigenvalue weighted by atomic mass is 79.9. The Balaban J connectivity index is 2.09. The Hall–Kier alpha value is -2.67. The second-order valence-electron chi connectivity index (χ2n) is 5.34. The first-order valence-electron chi connectivity index (χ1n) is 7.40. The molecule has 0 aliphatic carbocycles. The van der Waals surface area contributed by atoms with Crippen molar-refractivity contribution in [1.29, 1.82) is 0 Å². The van der Waals surface area contributed by atoms with Crippen LogP contribution in [-0.2, 0) is 11.3 Å². The van der Waals surface area contributed by atoms with Gasteiger partial charge in [0.25, 0.3) is 5.69 Å². The lowest BCUT2D eigenvalue weighted by atomic mass is 10.1. The third-order valence-electron chi connectivity index (χ3n) is 3.53. The molecule has 0 spiro atoms. The van der Waals surface area contributed by atoms with E-state index in [0.29, 0.717) is 17.9 Å². The van der Waals surface area contributed by atoms with Crippen molar-refractivity contribution in [2.45, 2.75) is 6.54 Å². The molecular weight excluding hydrogens is 388 g/mol. The number of nitro groups is 1. The molecule has 2 aromatic carbocycles. The van der Waals surface area contributed by atoms with Gasteiger partial charge in [-0.25, -0.2) is 0 Å². The van der Waals surface area contributed by atoms with Gasteiger partial charge >= 0.3 is 0 Å². The van der Waals surface area contributed by atoms with Crippen LogP contribution in [0.15, 0.2) is 53.0 Å². The Kier molecular flexibility index (Phi) is 6.30. The molecule has 0 radical (unpaired) electrons. The molecule has 130 valence electrons. The maximum Gasteiger partial charge on any atom is 0.270 e. The standard InChI is InChI=1S/C18H17BrN2O4/c1-20(12-14-11-15(19)7-8-17(14)25-2)18(22)9-6-13-4-3-5-16(10-13)21(23)24/h3-11H,12H2,1-2H3/b9-6+. The lowest BCUT2D eigenvalue weighted by Gasteiger charge is -2.17. The van der Waals surface area contributed by atoms with E-state index in [1.807, 2.05) is 18.2 Å². The fourth-order valence-electron chi connectivity index (χ4n) is 2.24. The SMILES string of the molecule is COc1ccc(Br)cc1CN(C)C(=O)/C=C/c1cccc([N+](=O)[O-])c1. The molecule has 0 fully saturated rings. The van der Waals surface area contributed by atoms with Gasteiger partial charge in [0, 0.05) is 41.8 Å². The first kappa shape index (κ1) is 18.7. The van der Waals surface area contributed by atoms with Crippen molar-refractivity contribution < 1.29 is 14.5 Å². The molecule has 25 heavy (non-hydrogen) atoms. The van der Waals surface area contributed by atoms with Crippen molar-refractivity contribution in [3.63, 3.8) is 0 Å². The summed E-state index contributed by atoms with van der Waals surface area (Å²) in [7, 11) is 3.26. The van der Waals surface area contributed by atoms with Gasteiger partial charge < -0.3 is 9.64 Å². The zero-order chi connectivity index (χ0) is 18.4. The van der Waals surface area contributed by atoms with Crippen LogP contribution in [-0.4, -0.2) is 29.9 Å². The molecule has 0 N–H and O–H groups in total. The van der Waals surface area contributed by atoms with Crippen molar-refractivity contribution >= 4 is 33.6 Å². The topological polar surface area (TPSA) is 72.7 Å². The van der Waals surface area contributed by atoms with Gasteiger partial charge in [-0.1, -0.05) is 28.1 Å². The molecule has 0 aromatic heterocycles. The molecule has 0 saturated heterocycles. The predicted molar refractivity (Wildman–Crippen MR) is 99.3 cm³/mol. The molecular formula is C18H17BrN2O4. The number of non-ortho nitro benzene ring substituents is 1. The van der Waals surface area contributed by atoms with E-state index in [0.717, 1.165) is 10.0 Å². The normalized spacial score (nSPS) is 10.7. The fraction of sp³-hybridized carbons (Fsp3) is 0.167. The van der Waals surface area contributed by atoms with Crippen LogP contribution in [0.4, 0.5) is 5.69 Å². The number of methoxy groups -OCH3 is 1. The zero-order valence-corrected chi connectivity index (χ0v) is 15.4. The molecule has 6 nitrogen and oxygen atoms in total. The number of nitrogens with zero attached hydrogens (tertiary/aromatic N) is 2. The number of carbonyl (C=O) groups is 1. The van der Waals surface area contributed by atoms with Gasteiger partial charge in [0.15, 0.2) is 0 Å². The van der Waals surface area contributed by atoms with Crippen molar-refractivity contribution in [1.82, 2.24) is 4.90 Å². The van der Waals surface area contributed by atoms with Crippen molar-refractivity contribution in [2.75, 3.05) is 14.2 Å². The first-order chi connectivity index (χ1) is 11.9. The van der Waals surface area contributed by atoms with E-state index < -0.39 is 4.92 Å². The van der Waals surface area contributed by atoms with Crippen LogP contribution in [0.25, 0.3) is 6.08 Å². The van der Waals surface area contributed by atoms with Crippen LogP contribution < -0.4 is 4.74 Å². The predicted octanol–water partition coefficient (Wildman–Crippen LogP) is 4.04. The summed E-state index contributed by atoms with van der Waals surface area (Å²) in [6.45, 7) is 0.376. The summed E-state index contributed by atoms with van der Waals surface area (Å²) in [5.74, 6) is 0.485. The quantitative estimate of drug-likeness (QED) is 0.413. The Morgan fingerprint density at radius 3 is 2.76 bits per heavy atom. The van der Waals surface area contributed by atoms with Gasteiger partial charge in [-0.3, -0.25) is 14.9 Å². The Morgan fingerprint density at radius 2 is 2.08 bits per heavy atom. The molecule has 0 aliphatic heterocycles. The molecule has 0 atom stereocenters. The fourth-order valence-corrected chi connectivity index (χ4v) is 2.65. The van der Waals surface area contributed by atoms with Crippen LogP contribution in [0.1, 0.15) is 11.1 Å². The minimum Gasteiger partial charge on any atom is -0.496 e. The van der Waals surface area contributed by atoms with Crippen LogP contribution in [0.3, 0.4) is 0 Å². The summed E-state index contributed by atoms with van der Waals surface area (Å²) in [5, 5.41) is 10.8. The minimum absolute atomic E-state index is 0.0122. The highest BCUT2D eigenvalue weighted by Crippen LogP contribution is 2.24. The highest BCUT2D eigenvalue weighted by molar-refractivity contribution is 9.10. The average Bonchev–Trinajstić information content (AvgIpc) is 2.60. The number of likely N-dealkylation sites (N-methyl/N-ethyl adjacent to an activating group) is 1. The van der Waals surface area contributed by atoms with Gasteiger partial charge in [-0.2, -0.15) is 0 Å². The van der Waals surface area contributed by atoms with Crippen LogP contribution in [0.2, 0.25) is 0 Å². The molecule has 2 rings (SSSR count). The van der Waals surface area contributed by atoms with Gasteiger partial charge in [0.2, 0.25) is 5.91 Å². The summed E-state index contributed by atoms with van der Waals surface area (Å²) < 4.78 is 6.20. The van der Waals surface area contributed by atoms with E-state index in [9.17, 15) is 14.9 Å². The van der Waals surface area contributed by atoms with Crippen molar-refractivity contribution in [2.24, 2.45) is 0 Å². The van der Waals surface area contributed by atoms with E-state index in [1.165, 1.54) is 23.1 Å². The number of amides is 1. The molecule has 1 amide bonds. The summed E-state index contributed by atoms with van der Waals surface area (Å²) in [6, 6.07) is 11.7.